The maximum atomic E-state index is 4.58. The van der Waals surface area contributed by atoms with E-state index in [2.05, 4.69) is 26.3 Å². The molecule has 6 nitrogen and oxygen atoms in total. The molecule has 4 aromatic heterocycles. The molecular formula is C18H18N6. The van der Waals surface area contributed by atoms with Gasteiger partial charge in [0.2, 0.25) is 0 Å². The number of nitrogens with zero attached hydrogens (tertiary/aromatic N) is 5. The lowest BCUT2D eigenvalue weighted by atomic mass is 10.2. The van der Waals surface area contributed by atoms with Crippen LogP contribution in [0.2, 0.25) is 0 Å². The predicted octanol–water partition coefficient (Wildman–Crippen LogP) is 2.51. The fourth-order valence-corrected chi connectivity index (χ4v) is 2.69. The number of nitrogens with one attached hydrogen (secondary N) is 1. The average molecular weight is 318 g/mol. The molecule has 0 spiro atoms. The van der Waals surface area contributed by atoms with Crippen LogP contribution in [-0.4, -0.2) is 23.9 Å². The summed E-state index contributed by atoms with van der Waals surface area (Å²) in [4.78, 5) is 13.3. The fourth-order valence-electron chi connectivity index (χ4n) is 2.69. The highest BCUT2D eigenvalue weighted by Gasteiger charge is 2.03. The number of pyridine rings is 2. The first-order valence-electron chi connectivity index (χ1n) is 7.88. The average Bonchev–Trinajstić information content (AvgIpc) is 3.21. The van der Waals surface area contributed by atoms with Gasteiger partial charge in [0.15, 0.2) is 0 Å². The third-order valence-electron chi connectivity index (χ3n) is 3.93. The van der Waals surface area contributed by atoms with E-state index in [1.54, 1.807) is 6.20 Å². The van der Waals surface area contributed by atoms with E-state index in [0.29, 0.717) is 0 Å². The minimum atomic E-state index is 0.726. The van der Waals surface area contributed by atoms with E-state index in [1.807, 2.05) is 64.9 Å². The second-order valence-corrected chi connectivity index (χ2v) is 5.67. The number of hydrogen-bond acceptors (Lipinski definition) is 4. The zero-order chi connectivity index (χ0) is 16.4. The summed E-state index contributed by atoms with van der Waals surface area (Å²) in [6.45, 7) is 3.44. The molecule has 4 heterocycles. The lowest BCUT2D eigenvalue weighted by Gasteiger charge is -2.06. The Kier molecular flexibility index (Phi) is 3.80. The standard InChI is InChI=1S/C18H18N6/c1-14-20-7-9-24(14)17-6-5-15(11-21-17)10-19-12-16-13-23-8-3-2-4-18(23)22-16/h2-9,11,13,19H,10,12H2,1H3. The molecule has 120 valence electrons. The topological polar surface area (TPSA) is 60.0 Å². The molecule has 0 aliphatic heterocycles. The quantitative estimate of drug-likeness (QED) is 0.614. The summed E-state index contributed by atoms with van der Waals surface area (Å²) >= 11 is 0. The third-order valence-corrected chi connectivity index (χ3v) is 3.93. The number of rotatable bonds is 5. The molecule has 1 N–H and O–H groups in total. The molecular weight excluding hydrogens is 300 g/mol. The van der Waals surface area contributed by atoms with Crippen molar-refractivity contribution in [2.24, 2.45) is 0 Å². The first-order chi connectivity index (χ1) is 11.8. The molecule has 0 aliphatic carbocycles. The van der Waals surface area contributed by atoms with Crippen LogP contribution in [0, 0.1) is 6.92 Å². The van der Waals surface area contributed by atoms with Gasteiger partial charge in [-0.05, 0) is 30.7 Å². The van der Waals surface area contributed by atoms with Crippen LogP contribution in [0.1, 0.15) is 17.1 Å². The van der Waals surface area contributed by atoms with Gasteiger partial charge in [-0.25, -0.2) is 15.0 Å². The van der Waals surface area contributed by atoms with Gasteiger partial charge < -0.3 is 9.72 Å². The van der Waals surface area contributed by atoms with Crippen molar-refractivity contribution in [1.29, 1.82) is 0 Å². The van der Waals surface area contributed by atoms with Crippen LogP contribution in [0.15, 0.2) is 61.3 Å². The van der Waals surface area contributed by atoms with Gasteiger partial charge in [-0.2, -0.15) is 0 Å². The molecule has 0 atom stereocenters. The summed E-state index contributed by atoms with van der Waals surface area (Å²) in [6.07, 6.45) is 9.64. The molecule has 0 aliphatic rings. The summed E-state index contributed by atoms with van der Waals surface area (Å²) in [7, 11) is 0. The molecule has 0 saturated heterocycles. The van der Waals surface area contributed by atoms with E-state index < -0.39 is 0 Å². The number of imidazole rings is 2. The van der Waals surface area contributed by atoms with Crippen molar-refractivity contribution in [1.82, 2.24) is 29.2 Å². The molecule has 0 amide bonds. The monoisotopic (exact) mass is 318 g/mol. The van der Waals surface area contributed by atoms with E-state index >= 15 is 0 Å². The zero-order valence-corrected chi connectivity index (χ0v) is 13.4. The second kappa shape index (κ2) is 6.25. The van der Waals surface area contributed by atoms with Crippen LogP contribution < -0.4 is 5.32 Å². The number of fused-ring (bicyclic) bond motifs is 1. The van der Waals surface area contributed by atoms with Crippen molar-refractivity contribution < 1.29 is 0 Å². The van der Waals surface area contributed by atoms with Gasteiger partial charge in [0.25, 0.3) is 0 Å². The largest absolute Gasteiger partial charge is 0.307 e. The van der Waals surface area contributed by atoms with Crippen molar-refractivity contribution in [3.05, 3.63) is 78.4 Å². The van der Waals surface area contributed by atoms with E-state index in [0.717, 1.165) is 41.6 Å². The Bertz CT molecular complexity index is 918. The molecule has 0 fully saturated rings. The van der Waals surface area contributed by atoms with E-state index in [4.69, 9.17) is 0 Å². The molecule has 0 unspecified atom stereocenters. The van der Waals surface area contributed by atoms with Crippen LogP contribution in [0.3, 0.4) is 0 Å². The minimum Gasteiger partial charge on any atom is -0.307 e. The fraction of sp³-hybridized carbons (Fsp3) is 0.167. The van der Waals surface area contributed by atoms with Gasteiger partial charge >= 0.3 is 0 Å². The molecule has 0 radical (unpaired) electrons. The van der Waals surface area contributed by atoms with Gasteiger partial charge in [-0.15, -0.1) is 0 Å². The SMILES string of the molecule is Cc1nccn1-c1ccc(CNCc2cn3ccccc3n2)cn1. The highest BCUT2D eigenvalue weighted by molar-refractivity contribution is 5.39. The van der Waals surface area contributed by atoms with Crippen molar-refractivity contribution in [2.45, 2.75) is 20.0 Å². The molecule has 4 aromatic rings. The Morgan fingerprint density at radius 3 is 2.75 bits per heavy atom. The van der Waals surface area contributed by atoms with Gasteiger partial charge in [0.1, 0.15) is 17.3 Å². The van der Waals surface area contributed by atoms with Crippen molar-refractivity contribution in [3.63, 3.8) is 0 Å². The van der Waals surface area contributed by atoms with Gasteiger partial charge in [-0.1, -0.05) is 12.1 Å². The lowest BCUT2D eigenvalue weighted by molar-refractivity contribution is 0.680. The number of aryl methyl sites for hydroxylation is 1. The maximum absolute atomic E-state index is 4.58. The second-order valence-electron chi connectivity index (χ2n) is 5.67. The van der Waals surface area contributed by atoms with Crippen LogP contribution in [0.5, 0.6) is 0 Å². The summed E-state index contributed by atoms with van der Waals surface area (Å²) in [5.41, 5.74) is 3.14. The lowest BCUT2D eigenvalue weighted by Crippen LogP contribution is -2.13. The molecule has 0 aromatic carbocycles. The van der Waals surface area contributed by atoms with Crippen molar-refractivity contribution >= 4 is 5.65 Å². The van der Waals surface area contributed by atoms with Crippen molar-refractivity contribution in [3.8, 4) is 5.82 Å². The molecule has 4 rings (SSSR count). The Labute approximate surface area is 139 Å². The predicted molar refractivity (Wildman–Crippen MR) is 91.8 cm³/mol. The highest BCUT2D eigenvalue weighted by atomic mass is 15.1. The Hall–Kier alpha value is -2.99. The zero-order valence-electron chi connectivity index (χ0n) is 13.4. The van der Waals surface area contributed by atoms with E-state index in [-0.39, 0.29) is 0 Å². The Balaban J connectivity index is 1.38. The van der Waals surface area contributed by atoms with Crippen LogP contribution >= 0.6 is 0 Å². The maximum Gasteiger partial charge on any atom is 0.137 e. The third kappa shape index (κ3) is 2.91. The van der Waals surface area contributed by atoms with Gasteiger partial charge in [-0.3, -0.25) is 4.57 Å². The molecule has 24 heavy (non-hydrogen) atoms. The highest BCUT2D eigenvalue weighted by Crippen LogP contribution is 2.09. The van der Waals surface area contributed by atoms with Crippen LogP contribution in [-0.2, 0) is 13.1 Å². The molecule has 0 saturated carbocycles. The first-order valence-corrected chi connectivity index (χ1v) is 7.88. The summed E-state index contributed by atoms with van der Waals surface area (Å²) < 4.78 is 3.99. The van der Waals surface area contributed by atoms with Crippen molar-refractivity contribution in [2.75, 3.05) is 0 Å². The minimum absolute atomic E-state index is 0.726. The van der Waals surface area contributed by atoms with Gasteiger partial charge in [0, 0.05) is 44.1 Å². The molecule has 0 bridgehead atoms. The van der Waals surface area contributed by atoms with Crippen LogP contribution in [0.4, 0.5) is 0 Å². The van der Waals surface area contributed by atoms with Crippen LogP contribution in [0.25, 0.3) is 11.5 Å². The van der Waals surface area contributed by atoms with E-state index in [1.165, 1.54) is 0 Å². The number of hydrogen-bond donors (Lipinski definition) is 1. The first kappa shape index (κ1) is 14.6. The Morgan fingerprint density at radius 2 is 2.00 bits per heavy atom. The summed E-state index contributed by atoms with van der Waals surface area (Å²) in [5.74, 6) is 1.81. The van der Waals surface area contributed by atoms with Gasteiger partial charge in [0.05, 0.1) is 5.69 Å². The Morgan fingerprint density at radius 1 is 1.04 bits per heavy atom. The number of aromatic nitrogens is 5. The van der Waals surface area contributed by atoms with E-state index in [9.17, 15) is 0 Å². The smallest absolute Gasteiger partial charge is 0.137 e. The molecule has 6 heteroatoms. The normalized spacial score (nSPS) is 11.2. The summed E-state index contributed by atoms with van der Waals surface area (Å²) in [5, 5.41) is 3.41. The summed E-state index contributed by atoms with van der Waals surface area (Å²) in [6, 6.07) is 10.1.